The number of benzene rings is 1. The van der Waals surface area contributed by atoms with Crippen LogP contribution in [-0.2, 0) is 26.6 Å². The van der Waals surface area contributed by atoms with Gasteiger partial charge < -0.3 is 15.2 Å². The van der Waals surface area contributed by atoms with Crippen LogP contribution in [0, 0.1) is 11.3 Å². The fourth-order valence-corrected chi connectivity index (χ4v) is 6.49. The summed E-state index contributed by atoms with van der Waals surface area (Å²) in [6.07, 6.45) is -4.22. The standard InChI is InChI=1S/C34H40F6N2O4/c1-19-9-10-21(30(41)43)7-6-8-27(28(13-19)45-5)26-11-12-32(3,4)17-23(26)18-42-20(2)29(46-31(42)44)22-14-24(33(35,36)37)16-25(15-22)34(38,39)40/h8,13-16,20-21,29H,1,6-7,9-12,17-18H2,2-5H3,(H2,41,43)/b27-8-,28-13+/t20-,21?,29-/m0/s1. The Kier molecular flexibility index (Phi) is 10.1. The second-order valence-corrected chi connectivity index (χ2v) is 13.1. The van der Waals surface area contributed by atoms with Crippen molar-refractivity contribution >= 4 is 12.0 Å². The maximum atomic E-state index is 13.6. The number of primary amides is 1. The van der Waals surface area contributed by atoms with Gasteiger partial charge in [-0.1, -0.05) is 32.1 Å². The third-order valence-electron chi connectivity index (χ3n) is 9.09. The molecule has 1 aromatic rings. The summed E-state index contributed by atoms with van der Waals surface area (Å²) in [5.41, 5.74) is 5.52. The van der Waals surface area contributed by atoms with E-state index in [9.17, 15) is 35.9 Å². The van der Waals surface area contributed by atoms with Gasteiger partial charge in [0.1, 0.15) is 11.9 Å². The summed E-state index contributed by atoms with van der Waals surface area (Å²) in [6.45, 7) is 9.91. The fourth-order valence-electron chi connectivity index (χ4n) is 6.49. The van der Waals surface area contributed by atoms with E-state index in [-0.39, 0.29) is 35.4 Å². The van der Waals surface area contributed by atoms with E-state index in [2.05, 4.69) is 20.4 Å². The van der Waals surface area contributed by atoms with Gasteiger partial charge in [0.2, 0.25) is 5.91 Å². The van der Waals surface area contributed by atoms with Crippen LogP contribution >= 0.6 is 0 Å². The number of ether oxygens (including phenoxy) is 2. The van der Waals surface area contributed by atoms with Crippen molar-refractivity contribution in [3.8, 4) is 0 Å². The number of carbonyl (C=O) groups excluding carboxylic acids is 2. The Morgan fingerprint density at radius 3 is 2.28 bits per heavy atom. The van der Waals surface area contributed by atoms with E-state index < -0.39 is 41.7 Å². The highest BCUT2D eigenvalue weighted by Crippen LogP contribution is 2.45. The molecule has 12 heteroatoms. The van der Waals surface area contributed by atoms with Crippen molar-refractivity contribution in [1.29, 1.82) is 0 Å². The van der Waals surface area contributed by atoms with Crippen LogP contribution in [0.15, 0.2) is 65.0 Å². The first kappa shape index (κ1) is 35.2. The third-order valence-corrected chi connectivity index (χ3v) is 9.09. The quantitative estimate of drug-likeness (QED) is 0.311. The lowest BCUT2D eigenvalue weighted by Crippen LogP contribution is -2.36. The highest BCUT2D eigenvalue weighted by atomic mass is 19.4. The van der Waals surface area contributed by atoms with Crippen molar-refractivity contribution in [2.24, 2.45) is 17.1 Å². The van der Waals surface area contributed by atoms with Gasteiger partial charge >= 0.3 is 18.4 Å². The molecule has 0 radical (unpaired) electrons. The number of allylic oxidation sites excluding steroid dienone is 4. The Morgan fingerprint density at radius 1 is 1.09 bits per heavy atom. The molecule has 46 heavy (non-hydrogen) atoms. The van der Waals surface area contributed by atoms with Gasteiger partial charge in [-0.15, -0.1) is 0 Å². The summed E-state index contributed by atoms with van der Waals surface area (Å²) >= 11 is 0. The SMILES string of the molecule is C=C1/C=C(OC)\C(C2=C(CN3C(=O)O[C@H](c4cc(C(F)(F)F)cc(C(F)(F)F)c4)[C@@H]3C)CC(C)(C)CC2)=C/CCC(C(N)=O)CC1. The van der Waals surface area contributed by atoms with Crippen molar-refractivity contribution in [2.45, 2.75) is 90.2 Å². The molecule has 6 nitrogen and oxygen atoms in total. The van der Waals surface area contributed by atoms with Crippen molar-refractivity contribution < 1.29 is 45.4 Å². The average molecular weight is 655 g/mol. The topological polar surface area (TPSA) is 81.9 Å². The van der Waals surface area contributed by atoms with Crippen LogP contribution in [0.5, 0.6) is 0 Å². The normalized spacial score (nSPS) is 27.0. The number of nitrogens with zero attached hydrogens (tertiary/aromatic N) is 1. The molecule has 1 aromatic carbocycles. The molecular weight excluding hydrogens is 614 g/mol. The maximum absolute atomic E-state index is 13.6. The molecule has 2 amide bonds. The molecule has 1 aliphatic heterocycles. The minimum absolute atomic E-state index is 0.0536. The summed E-state index contributed by atoms with van der Waals surface area (Å²) in [7, 11) is 1.55. The van der Waals surface area contributed by atoms with Crippen LogP contribution in [0.3, 0.4) is 0 Å². The Labute approximate surface area is 265 Å². The molecule has 1 saturated heterocycles. The van der Waals surface area contributed by atoms with Gasteiger partial charge in [-0.2, -0.15) is 26.3 Å². The van der Waals surface area contributed by atoms with E-state index in [4.69, 9.17) is 15.2 Å². The molecule has 3 atom stereocenters. The largest absolute Gasteiger partial charge is 0.496 e. The number of amides is 2. The molecule has 0 bridgehead atoms. The molecule has 2 aliphatic carbocycles. The molecule has 4 rings (SSSR count). The second kappa shape index (κ2) is 13.2. The Bertz CT molecular complexity index is 1440. The lowest BCUT2D eigenvalue weighted by Gasteiger charge is -2.36. The van der Waals surface area contributed by atoms with E-state index in [1.54, 1.807) is 14.0 Å². The number of halogens is 6. The van der Waals surface area contributed by atoms with Gasteiger partial charge in [-0.3, -0.25) is 9.69 Å². The Hall–Kier alpha value is -3.70. The summed E-state index contributed by atoms with van der Waals surface area (Å²) < 4.78 is 92.8. The van der Waals surface area contributed by atoms with Crippen LogP contribution < -0.4 is 5.73 Å². The zero-order valence-electron chi connectivity index (χ0n) is 26.4. The van der Waals surface area contributed by atoms with E-state index in [0.717, 1.165) is 28.7 Å². The number of nitrogens with two attached hydrogens (primary N) is 1. The monoisotopic (exact) mass is 654 g/mol. The van der Waals surface area contributed by atoms with Crippen molar-refractivity contribution in [3.05, 3.63) is 81.7 Å². The molecule has 0 spiro atoms. The zero-order chi connectivity index (χ0) is 34.2. The first-order valence-electron chi connectivity index (χ1n) is 15.2. The first-order valence-corrected chi connectivity index (χ1v) is 15.2. The van der Waals surface area contributed by atoms with E-state index in [1.165, 1.54) is 4.90 Å². The summed E-state index contributed by atoms with van der Waals surface area (Å²) in [5.74, 6) is -0.123. The van der Waals surface area contributed by atoms with Gasteiger partial charge in [0.25, 0.3) is 0 Å². The Morgan fingerprint density at radius 2 is 1.72 bits per heavy atom. The predicted molar refractivity (Wildman–Crippen MR) is 160 cm³/mol. The minimum atomic E-state index is -5.03. The lowest BCUT2D eigenvalue weighted by atomic mass is 9.72. The number of cyclic esters (lactones) is 1. The number of methoxy groups -OCH3 is 1. The van der Waals surface area contributed by atoms with Crippen LogP contribution in [0.2, 0.25) is 0 Å². The maximum Gasteiger partial charge on any atom is 0.416 e. The number of rotatable bonds is 6. The van der Waals surface area contributed by atoms with Gasteiger partial charge in [-0.25, -0.2) is 4.79 Å². The lowest BCUT2D eigenvalue weighted by molar-refractivity contribution is -0.143. The molecule has 1 fully saturated rings. The molecular formula is C34H40F6N2O4. The molecule has 252 valence electrons. The van der Waals surface area contributed by atoms with Gasteiger partial charge in [0, 0.05) is 18.0 Å². The van der Waals surface area contributed by atoms with Gasteiger partial charge in [0.05, 0.1) is 24.3 Å². The molecule has 2 N–H and O–H groups in total. The van der Waals surface area contributed by atoms with Crippen LogP contribution in [-0.4, -0.2) is 36.6 Å². The number of alkyl halides is 6. The van der Waals surface area contributed by atoms with Crippen LogP contribution in [0.4, 0.5) is 31.1 Å². The zero-order valence-corrected chi connectivity index (χ0v) is 26.4. The predicted octanol–water partition coefficient (Wildman–Crippen LogP) is 8.80. The summed E-state index contributed by atoms with van der Waals surface area (Å²) in [4.78, 5) is 26.6. The number of hydrogen-bond acceptors (Lipinski definition) is 4. The van der Waals surface area contributed by atoms with E-state index in [1.807, 2.05) is 12.2 Å². The van der Waals surface area contributed by atoms with Gasteiger partial charge in [0.15, 0.2) is 0 Å². The minimum Gasteiger partial charge on any atom is -0.496 e. The molecule has 0 aromatic heterocycles. The molecule has 0 saturated carbocycles. The van der Waals surface area contributed by atoms with Crippen molar-refractivity contribution in [1.82, 2.24) is 4.90 Å². The first-order chi connectivity index (χ1) is 21.3. The third kappa shape index (κ3) is 7.98. The fraction of sp³-hybridized carbons (Fsp3) is 0.529. The van der Waals surface area contributed by atoms with Crippen LogP contribution in [0.25, 0.3) is 0 Å². The van der Waals surface area contributed by atoms with Gasteiger partial charge in [-0.05, 0) is 98.3 Å². The molecule has 3 aliphatic rings. The Balaban J connectivity index is 1.74. The van der Waals surface area contributed by atoms with E-state index in [0.29, 0.717) is 56.4 Å². The highest BCUT2D eigenvalue weighted by molar-refractivity contribution is 5.76. The smallest absolute Gasteiger partial charge is 0.416 e. The van der Waals surface area contributed by atoms with E-state index >= 15 is 0 Å². The number of hydrogen-bond donors (Lipinski definition) is 1. The second-order valence-electron chi connectivity index (χ2n) is 13.1. The molecule has 1 unspecified atom stereocenters. The van der Waals surface area contributed by atoms with Crippen LogP contribution in [0.1, 0.15) is 88.5 Å². The average Bonchev–Trinajstić information content (AvgIpc) is 3.23. The summed E-state index contributed by atoms with van der Waals surface area (Å²) in [6, 6.07) is 0.392. The van der Waals surface area contributed by atoms with Crippen molar-refractivity contribution in [2.75, 3.05) is 13.7 Å². The molecule has 1 heterocycles. The van der Waals surface area contributed by atoms with Crippen molar-refractivity contribution in [3.63, 3.8) is 0 Å². The highest BCUT2D eigenvalue weighted by Gasteiger charge is 2.44. The number of carbonyl (C=O) groups is 2. The summed E-state index contributed by atoms with van der Waals surface area (Å²) in [5, 5.41) is 0.